The summed E-state index contributed by atoms with van der Waals surface area (Å²) in [7, 11) is 0. The smallest absolute Gasteiger partial charge is 0.264 e. The number of benzene rings is 1. The van der Waals surface area contributed by atoms with Crippen LogP contribution < -0.4 is 5.32 Å². The van der Waals surface area contributed by atoms with Crippen molar-refractivity contribution in [3.63, 3.8) is 0 Å². The molecule has 25 heavy (non-hydrogen) atoms. The summed E-state index contributed by atoms with van der Waals surface area (Å²) in [5.74, 6) is 0.00588. The lowest BCUT2D eigenvalue weighted by atomic mass is 10.2. The van der Waals surface area contributed by atoms with Gasteiger partial charge in [-0.15, -0.1) is 11.3 Å². The van der Waals surface area contributed by atoms with Crippen molar-refractivity contribution in [2.75, 3.05) is 38.0 Å². The van der Waals surface area contributed by atoms with Gasteiger partial charge in [-0.1, -0.05) is 23.7 Å². The lowest BCUT2D eigenvalue weighted by Crippen LogP contribution is -2.50. The summed E-state index contributed by atoms with van der Waals surface area (Å²) >= 11 is 7.54. The second kappa shape index (κ2) is 7.99. The number of hydrogen-bond donors (Lipinski definition) is 1. The topological polar surface area (TPSA) is 52.7 Å². The molecule has 1 aromatic carbocycles. The van der Waals surface area contributed by atoms with Gasteiger partial charge < -0.3 is 10.2 Å². The molecule has 0 unspecified atom stereocenters. The van der Waals surface area contributed by atoms with Crippen LogP contribution in [0.3, 0.4) is 0 Å². The molecule has 132 valence electrons. The van der Waals surface area contributed by atoms with Crippen LogP contribution in [0.1, 0.15) is 15.2 Å². The van der Waals surface area contributed by atoms with Gasteiger partial charge in [-0.3, -0.25) is 14.5 Å². The number of rotatable bonds is 4. The van der Waals surface area contributed by atoms with E-state index in [1.54, 1.807) is 6.07 Å². The third-order valence-electron chi connectivity index (χ3n) is 4.21. The Bertz CT molecular complexity index is 756. The Labute approximate surface area is 156 Å². The van der Waals surface area contributed by atoms with Gasteiger partial charge in [0.15, 0.2) is 0 Å². The van der Waals surface area contributed by atoms with Crippen molar-refractivity contribution in [1.82, 2.24) is 9.80 Å². The van der Waals surface area contributed by atoms with Crippen LogP contribution in [0, 0.1) is 6.92 Å². The molecule has 0 spiro atoms. The van der Waals surface area contributed by atoms with Gasteiger partial charge in [-0.05, 0) is 36.1 Å². The molecule has 1 saturated heterocycles. The standard InChI is InChI=1S/C18H20ClN3O2S/c1-13-4-5-14(11-15(13)19)20-17(23)12-21-6-8-22(9-7-21)18(24)16-3-2-10-25-16/h2-5,10-11H,6-9,12H2,1H3,(H,20,23). The van der Waals surface area contributed by atoms with Crippen LogP contribution in [-0.2, 0) is 4.79 Å². The minimum atomic E-state index is -0.0713. The fraction of sp³-hybridized carbons (Fsp3) is 0.333. The van der Waals surface area contributed by atoms with Crippen LogP contribution in [0.4, 0.5) is 5.69 Å². The van der Waals surface area contributed by atoms with Crippen molar-refractivity contribution < 1.29 is 9.59 Å². The highest BCUT2D eigenvalue weighted by molar-refractivity contribution is 7.12. The zero-order valence-corrected chi connectivity index (χ0v) is 15.6. The van der Waals surface area contributed by atoms with E-state index in [1.165, 1.54) is 11.3 Å². The normalized spacial score (nSPS) is 15.2. The van der Waals surface area contributed by atoms with Crippen molar-refractivity contribution in [1.29, 1.82) is 0 Å². The van der Waals surface area contributed by atoms with E-state index < -0.39 is 0 Å². The maximum Gasteiger partial charge on any atom is 0.264 e. The molecule has 7 heteroatoms. The lowest BCUT2D eigenvalue weighted by Gasteiger charge is -2.34. The number of hydrogen-bond acceptors (Lipinski definition) is 4. The van der Waals surface area contributed by atoms with E-state index in [-0.39, 0.29) is 11.8 Å². The SMILES string of the molecule is Cc1ccc(NC(=O)CN2CCN(C(=O)c3cccs3)CC2)cc1Cl. The molecule has 2 aromatic rings. The average Bonchev–Trinajstić information content (AvgIpc) is 3.13. The van der Waals surface area contributed by atoms with Crippen molar-refractivity contribution in [3.05, 3.63) is 51.2 Å². The maximum absolute atomic E-state index is 12.3. The number of carbonyl (C=O) groups excluding carboxylic acids is 2. The first-order chi connectivity index (χ1) is 12.0. The van der Waals surface area contributed by atoms with Gasteiger partial charge in [0.25, 0.3) is 5.91 Å². The van der Waals surface area contributed by atoms with Crippen LogP contribution >= 0.6 is 22.9 Å². The van der Waals surface area contributed by atoms with Crippen LogP contribution in [0.2, 0.25) is 5.02 Å². The van der Waals surface area contributed by atoms with Crippen molar-refractivity contribution in [2.45, 2.75) is 6.92 Å². The van der Waals surface area contributed by atoms with Gasteiger partial charge in [0.1, 0.15) is 0 Å². The van der Waals surface area contributed by atoms with E-state index in [0.717, 1.165) is 10.4 Å². The first-order valence-electron chi connectivity index (χ1n) is 8.14. The molecule has 1 aliphatic rings. The summed E-state index contributed by atoms with van der Waals surface area (Å²) in [6.07, 6.45) is 0. The number of carbonyl (C=O) groups is 2. The van der Waals surface area contributed by atoms with E-state index in [2.05, 4.69) is 10.2 Å². The zero-order valence-electron chi connectivity index (χ0n) is 14.0. The van der Waals surface area contributed by atoms with E-state index in [0.29, 0.717) is 43.4 Å². The molecule has 1 aliphatic heterocycles. The van der Waals surface area contributed by atoms with Crippen LogP contribution in [0.5, 0.6) is 0 Å². The molecule has 1 N–H and O–H groups in total. The third kappa shape index (κ3) is 4.60. The third-order valence-corrected chi connectivity index (χ3v) is 5.48. The van der Waals surface area contributed by atoms with Gasteiger partial charge in [-0.2, -0.15) is 0 Å². The maximum atomic E-state index is 12.3. The van der Waals surface area contributed by atoms with E-state index in [1.807, 2.05) is 41.5 Å². The molecule has 2 amide bonds. The van der Waals surface area contributed by atoms with Gasteiger partial charge in [0.05, 0.1) is 11.4 Å². The lowest BCUT2D eigenvalue weighted by molar-refractivity contribution is -0.117. The highest BCUT2D eigenvalue weighted by atomic mass is 35.5. The minimum Gasteiger partial charge on any atom is -0.335 e. The second-order valence-corrected chi connectivity index (χ2v) is 7.41. The largest absolute Gasteiger partial charge is 0.335 e. The quantitative estimate of drug-likeness (QED) is 0.890. The Morgan fingerprint density at radius 3 is 2.60 bits per heavy atom. The molecular formula is C18H20ClN3O2S. The fourth-order valence-corrected chi connectivity index (χ4v) is 3.61. The van der Waals surface area contributed by atoms with Gasteiger partial charge >= 0.3 is 0 Å². The molecule has 1 aromatic heterocycles. The van der Waals surface area contributed by atoms with Gasteiger partial charge in [0.2, 0.25) is 5.91 Å². The number of piperazine rings is 1. The number of halogens is 1. The van der Waals surface area contributed by atoms with Crippen LogP contribution in [-0.4, -0.2) is 54.3 Å². The Balaban J connectivity index is 1.47. The van der Waals surface area contributed by atoms with E-state index >= 15 is 0 Å². The molecule has 0 aliphatic carbocycles. The molecular weight excluding hydrogens is 358 g/mol. The number of aryl methyl sites for hydroxylation is 1. The predicted octanol–water partition coefficient (Wildman–Crippen LogP) is 3.11. The highest BCUT2D eigenvalue weighted by Gasteiger charge is 2.23. The Kier molecular flexibility index (Phi) is 5.73. The van der Waals surface area contributed by atoms with Gasteiger partial charge in [0, 0.05) is 36.9 Å². The predicted molar refractivity (Wildman–Crippen MR) is 101 cm³/mol. The van der Waals surface area contributed by atoms with Crippen molar-refractivity contribution in [3.8, 4) is 0 Å². The molecule has 0 radical (unpaired) electrons. The Morgan fingerprint density at radius 1 is 1.20 bits per heavy atom. The first kappa shape index (κ1) is 17.9. The molecule has 0 saturated carbocycles. The molecule has 0 bridgehead atoms. The van der Waals surface area contributed by atoms with Gasteiger partial charge in [-0.25, -0.2) is 0 Å². The highest BCUT2D eigenvalue weighted by Crippen LogP contribution is 2.20. The average molecular weight is 378 g/mol. The monoisotopic (exact) mass is 377 g/mol. The van der Waals surface area contributed by atoms with Crippen molar-refractivity contribution >= 4 is 40.4 Å². The van der Waals surface area contributed by atoms with Crippen molar-refractivity contribution in [2.24, 2.45) is 0 Å². The molecule has 3 rings (SSSR count). The fourth-order valence-electron chi connectivity index (χ4n) is 2.74. The number of amides is 2. The Hall–Kier alpha value is -1.89. The Morgan fingerprint density at radius 2 is 1.96 bits per heavy atom. The van der Waals surface area contributed by atoms with E-state index in [4.69, 9.17) is 11.6 Å². The van der Waals surface area contributed by atoms with Crippen LogP contribution in [0.15, 0.2) is 35.7 Å². The van der Waals surface area contributed by atoms with E-state index in [9.17, 15) is 9.59 Å². The summed E-state index contributed by atoms with van der Waals surface area (Å²) in [4.78, 5) is 29.2. The summed E-state index contributed by atoms with van der Waals surface area (Å²) in [6, 6.07) is 9.21. The first-order valence-corrected chi connectivity index (χ1v) is 9.40. The molecule has 0 atom stereocenters. The summed E-state index contributed by atoms with van der Waals surface area (Å²) in [5, 5.41) is 5.42. The molecule has 5 nitrogen and oxygen atoms in total. The summed E-state index contributed by atoms with van der Waals surface area (Å²) in [5.41, 5.74) is 1.68. The molecule has 2 heterocycles. The summed E-state index contributed by atoms with van der Waals surface area (Å²) in [6.45, 7) is 4.90. The number of thiophene rings is 1. The molecule has 1 fully saturated rings. The number of nitrogens with zero attached hydrogens (tertiary/aromatic N) is 2. The zero-order chi connectivity index (χ0) is 17.8. The minimum absolute atomic E-state index is 0.0713. The summed E-state index contributed by atoms with van der Waals surface area (Å²) < 4.78 is 0. The second-order valence-electron chi connectivity index (χ2n) is 6.06. The number of nitrogens with one attached hydrogen (secondary N) is 1. The number of anilines is 1. The van der Waals surface area contributed by atoms with Crippen LogP contribution in [0.25, 0.3) is 0 Å².